The Morgan fingerprint density at radius 2 is 1.89 bits per heavy atom. The van der Waals surface area contributed by atoms with Gasteiger partial charge in [-0.25, -0.2) is 0 Å². The molecule has 0 spiro atoms. The molecule has 3 N–H and O–H groups in total. The summed E-state index contributed by atoms with van der Waals surface area (Å²) >= 11 is 0. The number of pyridine rings is 1. The van der Waals surface area contributed by atoms with Gasteiger partial charge in [0.05, 0.1) is 28.6 Å². The van der Waals surface area contributed by atoms with Crippen LogP contribution in [0.1, 0.15) is 34.2 Å². The van der Waals surface area contributed by atoms with Gasteiger partial charge in [0.25, 0.3) is 5.91 Å². The Kier molecular flexibility index (Phi) is 6.90. The second-order valence-electron chi connectivity index (χ2n) is 8.61. The van der Waals surface area contributed by atoms with Crippen molar-refractivity contribution in [3.8, 4) is 6.07 Å². The number of carbonyl (C=O) groups is 2. The van der Waals surface area contributed by atoms with Crippen molar-refractivity contribution in [1.82, 2.24) is 9.88 Å². The number of benzene rings is 2. The van der Waals surface area contributed by atoms with E-state index in [1.165, 1.54) is 0 Å². The highest BCUT2D eigenvalue weighted by Crippen LogP contribution is 2.38. The van der Waals surface area contributed by atoms with Gasteiger partial charge in [0.1, 0.15) is 0 Å². The van der Waals surface area contributed by atoms with Gasteiger partial charge >= 0.3 is 5.97 Å². The van der Waals surface area contributed by atoms with Gasteiger partial charge < -0.3 is 20.6 Å². The number of nitrogens with zero attached hydrogens (tertiary/aromatic N) is 3. The van der Waals surface area contributed by atoms with Crippen LogP contribution in [0.5, 0.6) is 0 Å². The van der Waals surface area contributed by atoms with Crippen molar-refractivity contribution in [2.75, 3.05) is 24.7 Å². The van der Waals surface area contributed by atoms with Gasteiger partial charge in [0.2, 0.25) is 0 Å². The van der Waals surface area contributed by atoms with Crippen molar-refractivity contribution in [3.05, 3.63) is 88.7 Å². The zero-order valence-corrected chi connectivity index (χ0v) is 19.5. The average molecular weight is 468 g/mol. The minimum Gasteiger partial charge on any atom is -0.481 e. The van der Waals surface area contributed by atoms with Crippen LogP contribution in [0.4, 0.5) is 11.4 Å². The fourth-order valence-electron chi connectivity index (χ4n) is 3.98. The lowest BCUT2D eigenvalue weighted by atomic mass is 9.98. The first-order chi connectivity index (χ1) is 16.8. The minimum atomic E-state index is -0.887. The average Bonchev–Trinajstić information content (AvgIpc) is 3.16. The lowest BCUT2D eigenvalue weighted by molar-refractivity contribution is -0.137. The van der Waals surface area contributed by atoms with E-state index in [2.05, 4.69) is 26.6 Å². The molecular weight excluding hydrogens is 442 g/mol. The van der Waals surface area contributed by atoms with Crippen LogP contribution >= 0.6 is 0 Å². The molecule has 4 rings (SSSR count). The summed E-state index contributed by atoms with van der Waals surface area (Å²) in [5.74, 6) is -1.18. The van der Waals surface area contributed by atoms with Crippen molar-refractivity contribution in [2.45, 2.75) is 19.4 Å². The summed E-state index contributed by atoms with van der Waals surface area (Å²) in [6.07, 6.45) is 3.59. The van der Waals surface area contributed by atoms with Crippen molar-refractivity contribution in [1.29, 1.82) is 5.26 Å². The Morgan fingerprint density at radius 1 is 1.11 bits per heavy atom. The largest absolute Gasteiger partial charge is 0.481 e. The lowest BCUT2D eigenvalue weighted by Gasteiger charge is -2.16. The Bertz CT molecular complexity index is 1350. The number of nitriles is 1. The topological polar surface area (TPSA) is 118 Å². The van der Waals surface area contributed by atoms with Gasteiger partial charge in [-0.15, -0.1) is 0 Å². The summed E-state index contributed by atoms with van der Waals surface area (Å²) in [6, 6.07) is 17.0. The Labute approximate surface area is 203 Å². The highest BCUT2D eigenvalue weighted by atomic mass is 16.4. The molecule has 0 bridgehead atoms. The van der Waals surface area contributed by atoms with E-state index < -0.39 is 5.97 Å². The van der Waals surface area contributed by atoms with Crippen LogP contribution < -0.4 is 10.6 Å². The van der Waals surface area contributed by atoms with Gasteiger partial charge in [-0.05, 0) is 62.0 Å². The number of nitrogens with one attached hydrogen (secondary N) is 2. The molecule has 0 aliphatic carbocycles. The smallest absolute Gasteiger partial charge is 0.303 e. The SMILES string of the molecule is CN(C)Cc1ccc(NC(=C2C(=O)Nc3cc(C#N)ccc32)c2cncc(CCC(=O)O)c2)cc1. The molecule has 0 fully saturated rings. The Hall–Kier alpha value is -4.48. The first-order valence-corrected chi connectivity index (χ1v) is 11.1. The molecule has 1 aliphatic rings. The standard InChI is InChI=1S/C27H25N5O3/c1-32(2)16-17-3-7-21(8-4-17)30-26(20-11-19(14-29-15-20)6-10-24(33)34)25-22-9-5-18(13-28)12-23(22)31-27(25)35/h3-5,7-9,11-12,14-15,30H,6,10,16H2,1-2H3,(H,31,35)(H,33,34). The highest BCUT2D eigenvalue weighted by molar-refractivity contribution is 6.37. The Balaban J connectivity index is 1.80. The number of hydrogen-bond acceptors (Lipinski definition) is 6. The molecule has 176 valence electrons. The van der Waals surface area contributed by atoms with E-state index in [1.54, 1.807) is 30.6 Å². The van der Waals surface area contributed by atoms with E-state index in [-0.39, 0.29) is 12.3 Å². The van der Waals surface area contributed by atoms with Crippen LogP contribution in [-0.2, 0) is 22.6 Å². The monoisotopic (exact) mass is 467 g/mol. The van der Waals surface area contributed by atoms with E-state index in [0.717, 1.165) is 23.4 Å². The third kappa shape index (κ3) is 5.54. The normalized spacial score (nSPS) is 13.7. The summed E-state index contributed by atoms with van der Waals surface area (Å²) < 4.78 is 0. The van der Waals surface area contributed by atoms with Crippen LogP contribution in [-0.4, -0.2) is 41.0 Å². The molecule has 8 heteroatoms. The number of anilines is 2. The molecule has 1 amide bonds. The van der Waals surface area contributed by atoms with Crippen LogP contribution in [0.25, 0.3) is 11.3 Å². The van der Waals surface area contributed by atoms with Gasteiger partial charge in [0.15, 0.2) is 0 Å². The number of carboxylic acid groups (broad SMARTS) is 1. The molecule has 35 heavy (non-hydrogen) atoms. The van der Waals surface area contributed by atoms with E-state index >= 15 is 0 Å². The molecule has 2 heterocycles. The zero-order valence-electron chi connectivity index (χ0n) is 19.5. The van der Waals surface area contributed by atoms with Gasteiger partial charge in [-0.3, -0.25) is 14.6 Å². The van der Waals surface area contributed by atoms with E-state index in [4.69, 9.17) is 5.11 Å². The predicted molar refractivity (Wildman–Crippen MR) is 134 cm³/mol. The fraction of sp³-hybridized carbons (Fsp3) is 0.185. The summed E-state index contributed by atoms with van der Waals surface area (Å²) in [5, 5.41) is 24.5. The number of rotatable bonds is 8. The highest BCUT2D eigenvalue weighted by Gasteiger charge is 2.29. The summed E-state index contributed by atoms with van der Waals surface area (Å²) in [4.78, 5) is 30.6. The molecule has 8 nitrogen and oxygen atoms in total. The maximum atomic E-state index is 13.1. The van der Waals surface area contributed by atoms with Crippen LogP contribution in [0.3, 0.4) is 0 Å². The second kappa shape index (κ2) is 10.2. The van der Waals surface area contributed by atoms with E-state index in [1.807, 2.05) is 44.4 Å². The molecule has 0 unspecified atom stereocenters. The van der Waals surface area contributed by atoms with E-state index in [9.17, 15) is 14.9 Å². The third-order valence-corrected chi connectivity index (χ3v) is 5.58. The van der Waals surface area contributed by atoms with Crippen LogP contribution in [0, 0.1) is 11.3 Å². The number of carbonyl (C=O) groups excluding carboxylic acids is 1. The molecule has 0 saturated carbocycles. The number of carboxylic acids is 1. The molecule has 1 aliphatic heterocycles. The third-order valence-electron chi connectivity index (χ3n) is 5.58. The van der Waals surface area contributed by atoms with Crippen LogP contribution in [0.15, 0.2) is 60.9 Å². The zero-order chi connectivity index (χ0) is 24.9. The molecule has 0 atom stereocenters. The molecular formula is C27H25N5O3. The number of amides is 1. The van der Waals surface area contributed by atoms with Crippen molar-refractivity contribution in [3.63, 3.8) is 0 Å². The number of fused-ring (bicyclic) bond motifs is 1. The van der Waals surface area contributed by atoms with Gasteiger partial charge in [-0.2, -0.15) is 5.26 Å². The molecule has 2 aromatic carbocycles. The lowest BCUT2D eigenvalue weighted by Crippen LogP contribution is -2.11. The summed E-state index contributed by atoms with van der Waals surface area (Å²) in [5.41, 5.74) is 6.04. The van der Waals surface area contributed by atoms with Crippen molar-refractivity contribution < 1.29 is 14.7 Å². The number of aliphatic carboxylic acids is 1. The van der Waals surface area contributed by atoms with Gasteiger partial charge in [-0.1, -0.05) is 18.2 Å². The summed E-state index contributed by atoms with van der Waals surface area (Å²) in [7, 11) is 4.01. The number of hydrogen-bond donors (Lipinski definition) is 3. The number of aromatic nitrogens is 1. The maximum Gasteiger partial charge on any atom is 0.303 e. The quantitative estimate of drug-likeness (QED) is 0.429. The molecule has 0 radical (unpaired) electrons. The van der Waals surface area contributed by atoms with Crippen molar-refractivity contribution in [2.24, 2.45) is 0 Å². The maximum absolute atomic E-state index is 13.1. The van der Waals surface area contributed by atoms with Gasteiger partial charge in [0, 0.05) is 42.2 Å². The van der Waals surface area contributed by atoms with Crippen LogP contribution in [0.2, 0.25) is 0 Å². The molecule has 3 aromatic rings. The first-order valence-electron chi connectivity index (χ1n) is 11.1. The molecule has 0 saturated heterocycles. The second-order valence-corrected chi connectivity index (χ2v) is 8.61. The number of aryl methyl sites for hydroxylation is 1. The van der Waals surface area contributed by atoms with E-state index in [0.29, 0.717) is 40.1 Å². The fourth-order valence-corrected chi connectivity index (χ4v) is 3.98. The van der Waals surface area contributed by atoms with Crippen molar-refractivity contribution >= 4 is 34.5 Å². The molecule has 1 aromatic heterocycles. The minimum absolute atomic E-state index is 0.0158. The summed E-state index contributed by atoms with van der Waals surface area (Å²) in [6.45, 7) is 0.806. The predicted octanol–water partition coefficient (Wildman–Crippen LogP) is 3.96. The first kappa shape index (κ1) is 23.7. The Morgan fingerprint density at radius 3 is 2.57 bits per heavy atom.